The minimum Gasteiger partial charge on any atom is -0.368 e. The Morgan fingerprint density at radius 2 is 1.74 bits per heavy atom. The minimum absolute atomic E-state index is 0.160. The molecule has 2 aromatic rings. The van der Waals surface area contributed by atoms with E-state index in [2.05, 4.69) is 34.1 Å². The van der Waals surface area contributed by atoms with Crippen molar-refractivity contribution in [2.75, 3.05) is 31.1 Å². The lowest BCUT2D eigenvalue weighted by atomic mass is 10.00. The molecule has 2 atom stereocenters. The fourth-order valence-corrected chi connectivity index (χ4v) is 4.49. The second-order valence-corrected chi connectivity index (χ2v) is 7.50. The van der Waals surface area contributed by atoms with Gasteiger partial charge in [0.05, 0.1) is 6.04 Å². The fourth-order valence-electron chi connectivity index (χ4n) is 4.49. The van der Waals surface area contributed by atoms with E-state index in [-0.39, 0.29) is 11.9 Å². The number of hydrogen-bond acceptors (Lipinski definition) is 3. The fraction of sp³-hybridized carbons (Fsp3) is 0.409. The van der Waals surface area contributed by atoms with E-state index in [9.17, 15) is 9.18 Å². The molecule has 5 heteroatoms. The summed E-state index contributed by atoms with van der Waals surface area (Å²) in [4.78, 5) is 18.5. The Morgan fingerprint density at radius 1 is 0.963 bits per heavy atom. The van der Waals surface area contributed by atoms with Gasteiger partial charge in [-0.15, -0.1) is 0 Å². The molecule has 2 aliphatic rings. The zero-order valence-electron chi connectivity index (χ0n) is 15.5. The third kappa shape index (κ3) is 3.98. The zero-order valence-corrected chi connectivity index (χ0v) is 15.5. The molecule has 2 fully saturated rings. The predicted molar refractivity (Wildman–Crippen MR) is 105 cm³/mol. The van der Waals surface area contributed by atoms with Gasteiger partial charge in [0.15, 0.2) is 0 Å². The van der Waals surface area contributed by atoms with Gasteiger partial charge in [-0.1, -0.05) is 30.3 Å². The topological polar surface area (TPSA) is 26.8 Å². The molecule has 27 heavy (non-hydrogen) atoms. The zero-order chi connectivity index (χ0) is 18.6. The van der Waals surface area contributed by atoms with Crippen LogP contribution in [-0.2, 0) is 11.3 Å². The van der Waals surface area contributed by atoms with Crippen LogP contribution in [0.5, 0.6) is 0 Å². The summed E-state index contributed by atoms with van der Waals surface area (Å²) in [7, 11) is 0. The van der Waals surface area contributed by atoms with E-state index in [0.29, 0.717) is 12.6 Å². The summed E-state index contributed by atoms with van der Waals surface area (Å²) in [6.45, 7) is 4.28. The van der Waals surface area contributed by atoms with Gasteiger partial charge in [0, 0.05) is 37.9 Å². The van der Waals surface area contributed by atoms with Crippen molar-refractivity contribution in [2.24, 2.45) is 0 Å². The third-order valence-electron chi connectivity index (χ3n) is 5.88. The van der Waals surface area contributed by atoms with Crippen LogP contribution in [0.15, 0.2) is 54.6 Å². The van der Waals surface area contributed by atoms with Crippen molar-refractivity contribution in [1.29, 1.82) is 0 Å². The summed E-state index contributed by atoms with van der Waals surface area (Å²) in [5.41, 5.74) is 2.34. The second kappa shape index (κ2) is 8.09. The highest BCUT2D eigenvalue weighted by atomic mass is 19.1. The van der Waals surface area contributed by atoms with Crippen LogP contribution in [0.2, 0.25) is 0 Å². The Hall–Kier alpha value is -2.40. The van der Waals surface area contributed by atoms with Gasteiger partial charge in [-0.3, -0.25) is 9.69 Å². The highest BCUT2D eigenvalue weighted by Gasteiger charge is 2.38. The van der Waals surface area contributed by atoms with Crippen LogP contribution in [0, 0.1) is 5.82 Å². The van der Waals surface area contributed by atoms with Crippen molar-refractivity contribution in [3.05, 3.63) is 66.0 Å². The molecule has 0 spiro atoms. The quantitative estimate of drug-likeness (QED) is 0.760. The van der Waals surface area contributed by atoms with Crippen molar-refractivity contribution in [3.63, 3.8) is 0 Å². The maximum absolute atomic E-state index is 13.3. The van der Waals surface area contributed by atoms with Crippen LogP contribution < -0.4 is 4.90 Å². The van der Waals surface area contributed by atoms with Crippen LogP contribution in [0.25, 0.3) is 0 Å². The first-order chi connectivity index (χ1) is 13.2. The summed E-state index contributed by atoms with van der Waals surface area (Å²) in [6, 6.07) is 17.7. The minimum atomic E-state index is -0.216. The number of likely N-dealkylation sites (tertiary alicyclic amines) is 1. The molecule has 0 radical (unpaired) electrons. The van der Waals surface area contributed by atoms with Gasteiger partial charge >= 0.3 is 0 Å². The molecule has 0 bridgehead atoms. The molecular weight excluding hydrogens is 341 g/mol. The van der Waals surface area contributed by atoms with E-state index >= 15 is 0 Å². The molecular formula is C22H26FN3O. The summed E-state index contributed by atoms with van der Waals surface area (Å²) in [6.07, 6.45) is 3.28. The largest absolute Gasteiger partial charge is 0.368 e. The van der Waals surface area contributed by atoms with Crippen molar-refractivity contribution < 1.29 is 9.18 Å². The molecule has 1 unspecified atom stereocenters. The number of anilines is 1. The molecule has 0 aliphatic carbocycles. The van der Waals surface area contributed by atoms with Crippen LogP contribution in [0.3, 0.4) is 0 Å². The van der Waals surface area contributed by atoms with Crippen LogP contribution in [-0.4, -0.2) is 54.5 Å². The lowest BCUT2D eigenvalue weighted by molar-refractivity contribution is -0.121. The molecule has 1 amide bonds. The molecule has 2 saturated heterocycles. The van der Waals surface area contributed by atoms with Gasteiger partial charge in [0.1, 0.15) is 5.82 Å². The summed E-state index contributed by atoms with van der Waals surface area (Å²) >= 11 is 0. The first-order valence-electron chi connectivity index (χ1n) is 9.74. The van der Waals surface area contributed by atoms with Gasteiger partial charge in [-0.2, -0.15) is 0 Å². The Kier molecular flexibility index (Phi) is 5.39. The molecule has 0 aromatic heterocycles. The average molecular weight is 367 g/mol. The maximum Gasteiger partial charge on any atom is 0.210 e. The predicted octanol–water partition coefficient (Wildman–Crippen LogP) is 3.14. The van der Waals surface area contributed by atoms with E-state index in [1.807, 2.05) is 23.1 Å². The number of nitrogens with zero attached hydrogens (tertiary/aromatic N) is 3. The number of rotatable bonds is 5. The molecule has 142 valence electrons. The molecule has 2 aliphatic heterocycles. The number of carbonyl (C=O) groups is 1. The summed E-state index contributed by atoms with van der Waals surface area (Å²) < 4.78 is 13.3. The number of hydrogen-bond donors (Lipinski definition) is 0. The Labute approximate surface area is 160 Å². The van der Waals surface area contributed by atoms with Gasteiger partial charge in [0.2, 0.25) is 6.41 Å². The lowest BCUT2D eigenvalue weighted by Crippen LogP contribution is -2.59. The number of amides is 1. The number of benzene rings is 2. The highest BCUT2D eigenvalue weighted by molar-refractivity contribution is 5.52. The lowest BCUT2D eigenvalue weighted by Gasteiger charge is -2.45. The van der Waals surface area contributed by atoms with E-state index < -0.39 is 0 Å². The first kappa shape index (κ1) is 18.0. The third-order valence-corrected chi connectivity index (χ3v) is 5.88. The second-order valence-electron chi connectivity index (χ2n) is 7.50. The van der Waals surface area contributed by atoms with Crippen LogP contribution in [0.4, 0.5) is 10.1 Å². The standard InChI is InChI=1S/C22H26FN3O/c23-19-8-10-20(11-9-19)24-13-14-26(17-27)22(16-24)21-7-4-12-25(21)15-18-5-2-1-3-6-18/h1-3,5-6,8-11,17,21-22H,4,7,12-16H2/t21-,22?/m0/s1. The van der Waals surface area contributed by atoms with Crippen molar-refractivity contribution in [1.82, 2.24) is 9.80 Å². The smallest absolute Gasteiger partial charge is 0.210 e. The number of piperazine rings is 1. The Bertz CT molecular complexity index is 752. The maximum atomic E-state index is 13.3. The highest BCUT2D eigenvalue weighted by Crippen LogP contribution is 2.28. The molecule has 0 saturated carbocycles. The number of carbonyl (C=O) groups excluding carboxylic acids is 1. The van der Waals surface area contributed by atoms with Gasteiger partial charge in [-0.05, 0) is 49.2 Å². The Morgan fingerprint density at radius 3 is 2.48 bits per heavy atom. The molecule has 4 rings (SSSR count). The van der Waals surface area contributed by atoms with E-state index in [1.165, 1.54) is 17.7 Å². The van der Waals surface area contributed by atoms with Crippen molar-refractivity contribution in [2.45, 2.75) is 31.5 Å². The van der Waals surface area contributed by atoms with Gasteiger partial charge in [-0.25, -0.2) is 4.39 Å². The van der Waals surface area contributed by atoms with Crippen LogP contribution >= 0.6 is 0 Å². The summed E-state index contributed by atoms with van der Waals surface area (Å²) in [5, 5.41) is 0. The monoisotopic (exact) mass is 367 g/mol. The van der Waals surface area contributed by atoms with Crippen molar-refractivity contribution in [3.8, 4) is 0 Å². The molecule has 2 heterocycles. The van der Waals surface area contributed by atoms with E-state index in [0.717, 1.165) is 51.1 Å². The van der Waals surface area contributed by atoms with E-state index in [4.69, 9.17) is 0 Å². The van der Waals surface area contributed by atoms with E-state index in [1.54, 1.807) is 0 Å². The molecule has 0 N–H and O–H groups in total. The van der Waals surface area contributed by atoms with Crippen molar-refractivity contribution >= 4 is 12.1 Å². The first-order valence-corrected chi connectivity index (χ1v) is 9.74. The normalized spacial score (nSPS) is 23.6. The molecule has 2 aromatic carbocycles. The number of halogens is 1. The van der Waals surface area contributed by atoms with Gasteiger partial charge in [0.25, 0.3) is 0 Å². The summed E-state index contributed by atoms with van der Waals surface area (Å²) in [5.74, 6) is -0.216. The SMILES string of the molecule is O=CN1CCN(c2ccc(F)cc2)CC1[C@@H]1CCCN1Cc1ccccc1. The Balaban J connectivity index is 1.51. The van der Waals surface area contributed by atoms with Crippen LogP contribution in [0.1, 0.15) is 18.4 Å². The average Bonchev–Trinajstić information content (AvgIpc) is 3.17. The molecule has 4 nitrogen and oxygen atoms in total. The van der Waals surface area contributed by atoms with Gasteiger partial charge < -0.3 is 9.80 Å².